The quantitative estimate of drug-likeness (QED) is 0.658. The number of rotatable bonds is 0. The van der Waals surface area contributed by atoms with Crippen molar-refractivity contribution >= 4 is 22.6 Å². The molecular weight excluding hydrogens is 233 g/mol. The molecule has 0 amide bonds. The third-order valence-electron chi connectivity index (χ3n) is 1.84. The van der Waals surface area contributed by atoms with Crippen molar-refractivity contribution in [1.29, 1.82) is 0 Å². The summed E-state index contributed by atoms with van der Waals surface area (Å²) < 4.78 is 38.6. The highest BCUT2D eigenvalue weighted by Crippen LogP contribution is 2.35. The fraction of sp³-hybridized carbons (Fsp3) is 0.286. The molecule has 0 aliphatic heterocycles. The first-order valence-electron chi connectivity index (χ1n) is 3.81. The first-order chi connectivity index (χ1) is 6.91. The van der Waals surface area contributed by atoms with Gasteiger partial charge in [-0.15, -0.1) is 0 Å². The van der Waals surface area contributed by atoms with Crippen LogP contribution >= 0.6 is 11.6 Å². The molecule has 2 aromatic rings. The molecule has 0 N–H and O–H groups in total. The summed E-state index contributed by atoms with van der Waals surface area (Å²) in [5.74, 6) is 0. The molecule has 2 rings (SSSR count). The van der Waals surface area contributed by atoms with E-state index >= 15 is 0 Å². The monoisotopic (exact) mass is 236 g/mol. The number of hydrogen-bond donors (Lipinski definition) is 0. The van der Waals surface area contributed by atoms with Crippen LogP contribution in [0, 0.1) is 0 Å². The summed E-state index contributed by atoms with van der Waals surface area (Å²) in [7, 11) is 1.36. The average Bonchev–Trinajstić information content (AvgIpc) is 2.45. The molecule has 0 aromatic carbocycles. The van der Waals surface area contributed by atoms with Crippen LogP contribution in [0.5, 0.6) is 0 Å². The van der Waals surface area contributed by atoms with Gasteiger partial charge in [-0.25, -0.2) is 14.6 Å². The molecule has 0 spiro atoms. The Hall–Kier alpha value is -1.37. The van der Waals surface area contributed by atoms with Crippen LogP contribution in [0.3, 0.4) is 0 Å². The summed E-state index contributed by atoms with van der Waals surface area (Å²) in [5.41, 5.74) is -1.01. The van der Waals surface area contributed by atoms with E-state index in [1.807, 2.05) is 0 Å². The molecule has 0 atom stereocenters. The summed E-state index contributed by atoms with van der Waals surface area (Å²) in [6.07, 6.45) is -3.47. The van der Waals surface area contributed by atoms with Crippen LogP contribution in [0.2, 0.25) is 5.15 Å². The molecule has 4 nitrogen and oxygen atoms in total. The highest BCUT2D eigenvalue weighted by atomic mass is 35.5. The van der Waals surface area contributed by atoms with Crippen LogP contribution < -0.4 is 0 Å². The summed E-state index contributed by atoms with van der Waals surface area (Å²) >= 11 is 5.58. The van der Waals surface area contributed by atoms with E-state index in [2.05, 4.69) is 15.1 Å². The summed E-state index contributed by atoms with van der Waals surface area (Å²) in [5, 5.41) is 2.81. The van der Waals surface area contributed by atoms with Gasteiger partial charge in [0.05, 0.1) is 5.39 Å². The zero-order chi connectivity index (χ0) is 11.2. The Morgan fingerprint density at radius 3 is 2.60 bits per heavy atom. The second-order valence-electron chi connectivity index (χ2n) is 2.83. The van der Waals surface area contributed by atoms with E-state index < -0.39 is 11.9 Å². The minimum atomic E-state index is -4.56. The number of halogens is 4. The van der Waals surface area contributed by atoms with E-state index in [0.717, 1.165) is 11.0 Å². The van der Waals surface area contributed by atoms with Gasteiger partial charge in [0, 0.05) is 7.05 Å². The Bertz CT molecular complexity index is 519. The van der Waals surface area contributed by atoms with Gasteiger partial charge in [0.1, 0.15) is 11.5 Å². The van der Waals surface area contributed by atoms with Crippen LogP contribution in [0.4, 0.5) is 13.2 Å². The minimum Gasteiger partial charge on any atom is -0.250 e. The van der Waals surface area contributed by atoms with Gasteiger partial charge in [0.15, 0.2) is 11.3 Å². The first kappa shape index (κ1) is 10.2. The molecule has 0 saturated heterocycles. The lowest BCUT2D eigenvalue weighted by Crippen LogP contribution is -2.07. The van der Waals surface area contributed by atoms with E-state index in [1.54, 1.807) is 0 Å². The Morgan fingerprint density at radius 1 is 1.33 bits per heavy atom. The lowest BCUT2D eigenvalue weighted by atomic mass is 10.3. The number of hydrogen-bond acceptors (Lipinski definition) is 3. The normalized spacial score (nSPS) is 12.3. The van der Waals surface area contributed by atoms with E-state index in [4.69, 9.17) is 11.6 Å². The number of aromatic nitrogens is 4. The van der Waals surface area contributed by atoms with Crippen LogP contribution in [-0.2, 0) is 13.2 Å². The zero-order valence-electron chi connectivity index (χ0n) is 7.38. The van der Waals surface area contributed by atoms with Gasteiger partial charge in [0.2, 0.25) is 0 Å². The molecule has 0 bridgehead atoms. The molecule has 15 heavy (non-hydrogen) atoms. The Kier molecular flexibility index (Phi) is 2.07. The fourth-order valence-corrected chi connectivity index (χ4v) is 1.47. The predicted octanol–water partition coefficient (Wildman–Crippen LogP) is 2.04. The Balaban J connectivity index is 2.88. The minimum absolute atomic E-state index is 0.0577. The van der Waals surface area contributed by atoms with E-state index in [0.29, 0.717) is 0 Å². The van der Waals surface area contributed by atoms with Gasteiger partial charge in [-0.2, -0.15) is 18.3 Å². The summed E-state index contributed by atoms with van der Waals surface area (Å²) in [6, 6.07) is 0. The van der Waals surface area contributed by atoms with Crippen LogP contribution in [0.15, 0.2) is 6.33 Å². The van der Waals surface area contributed by atoms with Crippen molar-refractivity contribution in [2.75, 3.05) is 0 Å². The topological polar surface area (TPSA) is 43.6 Å². The molecule has 0 aliphatic carbocycles. The smallest absolute Gasteiger partial charge is 0.250 e. The zero-order valence-corrected chi connectivity index (χ0v) is 8.13. The average molecular weight is 237 g/mol. The second kappa shape index (κ2) is 3.06. The summed E-state index contributed by atoms with van der Waals surface area (Å²) in [4.78, 5) is 7.18. The molecule has 8 heteroatoms. The highest BCUT2D eigenvalue weighted by molar-refractivity contribution is 6.34. The van der Waals surface area contributed by atoms with Crippen molar-refractivity contribution in [3.05, 3.63) is 17.2 Å². The van der Waals surface area contributed by atoms with Gasteiger partial charge in [-0.05, 0) is 0 Å². The molecule has 0 fully saturated rings. The van der Waals surface area contributed by atoms with Gasteiger partial charge >= 0.3 is 6.18 Å². The van der Waals surface area contributed by atoms with Crippen molar-refractivity contribution in [3.63, 3.8) is 0 Å². The number of aryl methyl sites for hydroxylation is 1. The lowest BCUT2D eigenvalue weighted by molar-refractivity contribution is -0.140. The highest BCUT2D eigenvalue weighted by Gasteiger charge is 2.38. The Morgan fingerprint density at radius 2 is 2.00 bits per heavy atom. The maximum absolute atomic E-state index is 12.5. The van der Waals surface area contributed by atoms with Crippen LogP contribution in [-0.4, -0.2) is 19.7 Å². The van der Waals surface area contributed by atoms with Crippen molar-refractivity contribution in [2.45, 2.75) is 6.18 Å². The van der Waals surface area contributed by atoms with Crippen molar-refractivity contribution < 1.29 is 13.2 Å². The molecule has 0 saturated carbocycles. The van der Waals surface area contributed by atoms with Crippen LogP contribution in [0.1, 0.15) is 5.69 Å². The standard InChI is InChI=1S/C7H4ClF3N4/c1-15-6-3(5(8)12-2-13-6)4(14-15)7(9,10)11/h2H,1H3. The fourth-order valence-electron chi connectivity index (χ4n) is 1.25. The maximum atomic E-state index is 12.5. The molecule has 0 unspecified atom stereocenters. The van der Waals surface area contributed by atoms with E-state index in [1.165, 1.54) is 7.05 Å². The largest absolute Gasteiger partial charge is 0.435 e. The number of alkyl halides is 3. The van der Waals surface area contributed by atoms with Crippen molar-refractivity contribution in [3.8, 4) is 0 Å². The molecule has 0 radical (unpaired) electrons. The van der Waals surface area contributed by atoms with Gasteiger partial charge in [-0.1, -0.05) is 11.6 Å². The Labute approximate surface area is 86.7 Å². The van der Waals surface area contributed by atoms with E-state index in [-0.39, 0.29) is 16.2 Å². The van der Waals surface area contributed by atoms with Gasteiger partial charge in [-0.3, -0.25) is 0 Å². The van der Waals surface area contributed by atoms with Gasteiger partial charge < -0.3 is 0 Å². The van der Waals surface area contributed by atoms with Gasteiger partial charge in [0.25, 0.3) is 0 Å². The molecule has 80 valence electrons. The predicted molar refractivity (Wildman–Crippen MR) is 46.3 cm³/mol. The lowest BCUT2D eigenvalue weighted by Gasteiger charge is -2.01. The molecule has 2 aromatic heterocycles. The van der Waals surface area contributed by atoms with Crippen LogP contribution in [0.25, 0.3) is 11.0 Å². The van der Waals surface area contributed by atoms with Crippen molar-refractivity contribution in [1.82, 2.24) is 19.7 Å². The number of nitrogens with zero attached hydrogens (tertiary/aromatic N) is 4. The number of fused-ring (bicyclic) bond motifs is 1. The third-order valence-corrected chi connectivity index (χ3v) is 2.13. The van der Waals surface area contributed by atoms with E-state index in [9.17, 15) is 13.2 Å². The molecular formula is C7H4ClF3N4. The first-order valence-corrected chi connectivity index (χ1v) is 4.19. The molecule has 2 heterocycles. The second-order valence-corrected chi connectivity index (χ2v) is 3.19. The third kappa shape index (κ3) is 1.52. The summed E-state index contributed by atoms with van der Waals surface area (Å²) in [6.45, 7) is 0. The van der Waals surface area contributed by atoms with Crippen molar-refractivity contribution in [2.24, 2.45) is 7.05 Å². The molecule has 0 aliphatic rings. The maximum Gasteiger partial charge on any atom is 0.435 e. The SMILES string of the molecule is Cn1nc(C(F)(F)F)c2c(Cl)ncnc21.